The SMILES string of the molecule is COCCN(C)CCNS(=O)(=O)c1cc(N)cc(Cl)c1F. The van der Waals surface area contributed by atoms with Crippen molar-refractivity contribution in [2.75, 3.05) is 46.1 Å². The molecule has 120 valence electrons. The van der Waals surface area contributed by atoms with Crippen LogP contribution in [0, 0.1) is 5.82 Å². The number of rotatable bonds is 8. The van der Waals surface area contributed by atoms with Gasteiger partial charge in [0.2, 0.25) is 10.0 Å². The fraction of sp³-hybridized carbons (Fsp3) is 0.500. The second-order valence-corrected chi connectivity index (χ2v) is 6.65. The predicted octanol–water partition coefficient (Wildman–Crippen LogP) is 0.918. The Bertz CT molecular complexity index is 583. The van der Waals surface area contributed by atoms with E-state index in [0.29, 0.717) is 19.7 Å². The van der Waals surface area contributed by atoms with Crippen LogP contribution in [0.2, 0.25) is 5.02 Å². The van der Waals surface area contributed by atoms with Crippen LogP contribution >= 0.6 is 11.6 Å². The summed E-state index contributed by atoms with van der Waals surface area (Å²) in [4.78, 5) is 1.33. The molecule has 0 aromatic heterocycles. The number of sulfonamides is 1. The van der Waals surface area contributed by atoms with E-state index < -0.39 is 20.7 Å². The number of halogens is 2. The third kappa shape index (κ3) is 5.40. The van der Waals surface area contributed by atoms with Gasteiger partial charge in [-0.2, -0.15) is 0 Å². The number of ether oxygens (including phenoxy) is 1. The van der Waals surface area contributed by atoms with E-state index in [9.17, 15) is 12.8 Å². The summed E-state index contributed by atoms with van der Waals surface area (Å²) < 4.78 is 45.1. The Balaban J connectivity index is 2.70. The molecule has 0 atom stereocenters. The van der Waals surface area contributed by atoms with Gasteiger partial charge >= 0.3 is 0 Å². The number of nitrogens with zero attached hydrogens (tertiary/aromatic N) is 1. The molecule has 0 saturated heterocycles. The van der Waals surface area contributed by atoms with Crippen molar-refractivity contribution < 1.29 is 17.5 Å². The Morgan fingerprint density at radius 3 is 2.71 bits per heavy atom. The highest BCUT2D eigenvalue weighted by molar-refractivity contribution is 7.89. The number of hydrogen-bond acceptors (Lipinski definition) is 5. The van der Waals surface area contributed by atoms with Gasteiger partial charge in [-0.05, 0) is 19.2 Å². The van der Waals surface area contributed by atoms with Gasteiger partial charge in [0.15, 0.2) is 5.82 Å². The van der Waals surface area contributed by atoms with Crippen molar-refractivity contribution in [3.8, 4) is 0 Å². The first-order valence-corrected chi connectivity index (χ1v) is 8.05. The Morgan fingerprint density at radius 2 is 2.10 bits per heavy atom. The minimum atomic E-state index is -4.00. The summed E-state index contributed by atoms with van der Waals surface area (Å²) >= 11 is 5.60. The van der Waals surface area contributed by atoms with Gasteiger partial charge in [0.25, 0.3) is 0 Å². The lowest BCUT2D eigenvalue weighted by Gasteiger charge is -2.16. The molecule has 0 radical (unpaired) electrons. The molecule has 0 saturated carbocycles. The van der Waals surface area contributed by atoms with Gasteiger partial charge in [0, 0.05) is 32.4 Å². The fourth-order valence-electron chi connectivity index (χ4n) is 1.59. The highest BCUT2D eigenvalue weighted by Gasteiger charge is 2.21. The summed E-state index contributed by atoms with van der Waals surface area (Å²) in [6.45, 7) is 1.80. The van der Waals surface area contributed by atoms with Crippen LogP contribution in [0.1, 0.15) is 0 Å². The van der Waals surface area contributed by atoms with Gasteiger partial charge in [0.1, 0.15) is 4.90 Å². The molecule has 0 amide bonds. The zero-order valence-electron chi connectivity index (χ0n) is 11.9. The zero-order chi connectivity index (χ0) is 16.0. The lowest BCUT2D eigenvalue weighted by molar-refractivity contribution is 0.162. The van der Waals surface area contributed by atoms with Crippen LogP contribution in [-0.2, 0) is 14.8 Å². The van der Waals surface area contributed by atoms with Crippen molar-refractivity contribution in [1.82, 2.24) is 9.62 Å². The van der Waals surface area contributed by atoms with Crippen LogP contribution in [0.3, 0.4) is 0 Å². The van der Waals surface area contributed by atoms with E-state index >= 15 is 0 Å². The number of hydrogen-bond donors (Lipinski definition) is 2. The van der Waals surface area contributed by atoms with Gasteiger partial charge in [-0.25, -0.2) is 17.5 Å². The molecule has 0 fully saturated rings. The largest absolute Gasteiger partial charge is 0.399 e. The maximum Gasteiger partial charge on any atom is 0.243 e. The first-order chi connectivity index (χ1) is 9.77. The average Bonchev–Trinajstić information content (AvgIpc) is 2.40. The molecular weight excluding hydrogens is 321 g/mol. The summed E-state index contributed by atoms with van der Waals surface area (Å²) in [6, 6.07) is 2.20. The molecule has 0 aliphatic rings. The zero-order valence-corrected chi connectivity index (χ0v) is 13.5. The number of nitrogens with one attached hydrogen (secondary N) is 1. The second kappa shape index (κ2) is 7.90. The standard InChI is InChI=1S/C12H19ClFN3O3S/c1-17(5-6-20-2)4-3-16-21(18,19)11-8-9(15)7-10(13)12(11)14/h7-8,16H,3-6,15H2,1-2H3. The maximum atomic E-state index is 13.8. The quantitative estimate of drug-likeness (QED) is 0.688. The number of benzene rings is 1. The van der Waals surface area contributed by atoms with E-state index in [4.69, 9.17) is 22.1 Å². The van der Waals surface area contributed by atoms with Gasteiger partial charge in [0.05, 0.1) is 11.6 Å². The summed E-state index contributed by atoms with van der Waals surface area (Å²) in [5, 5.41) is -0.326. The Labute approximate surface area is 129 Å². The molecule has 0 bridgehead atoms. The number of likely N-dealkylation sites (N-methyl/N-ethyl adjacent to an activating group) is 1. The normalized spacial score (nSPS) is 12.0. The first kappa shape index (κ1) is 18.1. The van der Waals surface area contributed by atoms with E-state index in [0.717, 1.165) is 12.1 Å². The highest BCUT2D eigenvalue weighted by atomic mass is 35.5. The third-order valence-corrected chi connectivity index (χ3v) is 4.50. The summed E-state index contributed by atoms with van der Waals surface area (Å²) in [6.07, 6.45) is 0. The molecule has 3 N–H and O–H groups in total. The molecular formula is C12H19ClFN3O3S. The van der Waals surface area contributed by atoms with Crippen molar-refractivity contribution in [1.29, 1.82) is 0 Å². The molecule has 0 spiro atoms. The molecule has 9 heteroatoms. The van der Waals surface area contributed by atoms with Crippen molar-refractivity contribution in [2.24, 2.45) is 0 Å². The van der Waals surface area contributed by atoms with Crippen LogP contribution in [0.25, 0.3) is 0 Å². The Hall–Kier alpha value is -0.930. The summed E-state index contributed by atoms with van der Waals surface area (Å²) in [5.74, 6) is -1.01. The summed E-state index contributed by atoms with van der Waals surface area (Å²) in [7, 11) is -0.589. The van der Waals surface area contributed by atoms with E-state index in [1.165, 1.54) is 0 Å². The summed E-state index contributed by atoms with van der Waals surface area (Å²) in [5.41, 5.74) is 5.57. The third-order valence-electron chi connectivity index (χ3n) is 2.77. The maximum absolute atomic E-state index is 13.8. The second-order valence-electron chi connectivity index (χ2n) is 4.51. The molecule has 0 heterocycles. The van der Waals surface area contributed by atoms with E-state index in [1.54, 1.807) is 7.11 Å². The minimum absolute atomic E-state index is 0.0824. The lowest BCUT2D eigenvalue weighted by atomic mass is 10.3. The number of anilines is 1. The van der Waals surface area contributed by atoms with Crippen LogP contribution in [0.15, 0.2) is 17.0 Å². The van der Waals surface area contributed by atoms with Crippen molar-refractivity contribution >= 4 is 27.3 Å². The topological polar surface area (TPSA) is 84.7 Å². The van der Waals surface area contributed by atoms with E-state index in [-0.39, 0.29) is 17.3 Å². The Morgan fingerprint density at radius 1 is 1.43 bits per heavy atom. The number of nitrogen functional groups attached to an aromatic ring is 1. The van der Waals surface area contributed by atoms with Crippen molar-refractivity contribution in [3.63, 3.8) is 0 Å². The van der Waals surface area contributed by atoms with Crippen LogP contribution in [0.4, 0.5) is 10.1 Å². The molecule has 6 nitrogen and oxygen atoms in total. The number of nitrogens with two attached hydrogens (primary N) is 1. The molecule has 1 aromatic rings. The van der Waals surface area contributed by atoms with Crippen LogP contribution in [0.5, 0.6) is 0 Å². The lowest BCUT2D eigenvalue weighted by Crippen LogP contribution is -2.34. The molecule has 1 rings (SSSR count). The predicted molar refractivity (Wildman–Crippen MR) is 80.4 cm³/mol. The van der Waals surface area contributed by atoms with Gasteiger partial charge in [-0.1, -0.05) is 11.6 Å². The molecule has 21 heavy (non-hydrogen) atoms. The van der Waals surface area contributed by atoms with Crippen molar-refractivity contribution in [3.05, 3.63) is 23.0 Å². The van der Waals surface area contributed by atoms with E-state index in [1.807, 2.05) is 11.9 Å². The minimum Gasteiger partial charge on any atom is -0.399 e. The van der Waals surface area contributed by atoms with Crippen LogP contribution < -0.4 is 10.5 Å². The Kier molecular flexibility index (Phi) is 6.82. The van der Waals surface area contributed by atoms with Gasteiger partial charge in [-0.15, -0.1) is 0 Å². The van der Waals surface area contributed by atoms with E-state index in [2.05, 4.69) is 4.72 Å². The molecule has 1 aromatic carbocycles. The fourth-order valence-corrected chi connectivity index (χ4v) is 3.02. The number of methoxy groups -OCH3 is 1. The van der Waals surface area contributed by atoms with Gasteiger partial charge in [-0.3, -0.25) is 0 Å². The van der Waals surface area contributed by atoms with Crippen molar-refractivity contribution in [2.45, 2.75) is 4.90 Å². The first-order valence-electron chi connectivity index (χ1n) is 6.19. The monoisotopic (exact) mass is 339 g/mol. The highest BCUT2D eigenvalue weighted by Crippen LogP contribution is 2.25. The van der Waals surface area contributed by atoms with Gasteiger partial charge < -0.3 is 15.4 Å². The average molecular weight is 340 g/mol. The molecule has 0 unspecified atom stereocenters. The molecule has 0 aliphatic carbocycles. The smallest absolute Gasteiger partial charge is 0.243 e. The molecule has 0 aliphatic heterocycles. The van der Waals surface area contributed by atoms with Crippen LogP contribution in [-0.4, -0.2) is 53.7 Å².